The van der Waals surface area contributed by atoms with Gasteiger partial charge in [0.05, 0.1) is 57.3 Å². The number of benzene rings is 3. The zero-order valence-corrected chi connectivity index (χ0v) is 36.4. The topological polar surface area (TPSA) is 176 Å². The van der Waals surface area contributed by atoms with Crippen molar-refractivity contribution in [2.24, 2.45) is 5.92 Å². The number of hydrogen-bond donors (Lipinski definition) is 4. The summed E-state index contributed by atoms with van der Waals surface area (Å²) in [5.74, 6) is 1.06. The molecular weight excluding hydrogens is 801 g/mol. The van der Waals surface area contributed by atoms with E-state index < -0.39 is 17.9 Å². The maximum absolute atomic E-state index is 13.9. The molecule has 0 radical (unpaired) electrons. The molecule has 1 saturated heterocycles. The minimum Gasteiger partial charge on any atom is -0.483 e. The van der Waals surface area contributed by atoms with E-state index in [2.05, 4.69) is 74.4 Å². The first-order valence-electron chi connectivity index (χ1n) is 21.6. The summed E-state index contributed by atoms with van der Waals surface area (Å²) < 4.78 is 22.3. The molecule has 2 aliphatic carbocycles. The van der Waals surface area contributed by atoms with Crippen molar-refractivity contribution in [3.05, 3.63) is 126 Å². The summed E-state index contributed by atoms with van der Waals surface area (Å²) >= 11 is 0. The van der Waals surface area contributed by atoms with E-state index in [1.165, 1.54) is 19.8 Å². The van der Waals surface area contributed by atoms with Gasteiger partial charge in [0.1, 0.15) is 24.2 Å². The van der Waals surface area contributed by atoms with Crippen molar-refractivity contribution in [3.8, 4) is 0 Å². The predicted molar refractivity (Wildman–Crippen MR) is 239 cm³/mol. The van der Waals surface area contributed by atoms with Crippen LogP contribution < -0.4 is 10.6 Å². The van der Waals surface area contributed by atoms with Crippen molar-refractivity contribution >= 4 is 45.3 Å². The molecule has 15 heteroatoms. The lowest BCUT2D eigenvalue weighted by molar-refractivity contribution is -0.178. The number of aromatic amines is 2. The monoisotopic (exact) mass is 856 g/mol. The highest BCUT2D eigenvalue weighted by atomic mass is 16.7. The van der Waals surface area contributed by atoms with E-state index in [0.29, 0.717) is 56.8 Å². The average Bonchev–Trinajstić information content (AvgIpc) is 4.07. The molecule has 4 N–H and O–H groups in total. The molecule has 3 aliphatic rings. The Balaban J connectivity index is 0.924. The lowest BCUT2D eigenvalue weighted by atomic mass is 9.75. The predicted octanol–water partition coefficient (Wildman–Crippen LogP) is 6.42. The number of likely N-dealkylation sites (N-methyl/N-ethyl adjacent to an activating group) is 1. The lowest BCUT2D eigenvalue weighted by Crippen LogP contribution is -2.48. The Morgan fingerprint density at radius 3 is 2.59 bits per heavy atom. The third-order valence-corrected chi connectivity index (χ3v) is 12.2. The largest absolute Gasteiger partial charge is 0.483 e. The van der Waals surface area contributed by atoms with Gasteiger partial charge in [-0.15, -0.1) is 0 Å². The number of nitrogens with zero attached hydrogens (tertiary/aromatic N) is 4. The highest BCUT2D eigenvalue weighted by Crippen LogP contribution is 2.42. The van der Waals surface area contributed by atoms with Gasteiger partial charge < -0.3 is 49.3 Å². The van der Waals surface area contributed by atoms with Crippen LogP contribution in [0.3, 0.4) is 0 Å². The van der Waals surface area contributed by atoms with Gasteiger partial charge in [-0.2, -0.15) is 0 Å². The smallest absolute Gasteiger partial charge is 0.407 e. The van der Waals surface area contributed by atoms with Crippen LogP contribution in [0.15, 0.2) is 91.4 Å². The van der Waals surface area contributed by atoms with Crippen LogP contribution in [0.1, 0.15) is 72.3 Å². The zero-order chi connectivity index (χ0) is 44.1. The number of carbonyl (C=O) groups is 3. The number of nitrogens with one attached hydrogen (secondary N) is 4. The van der Waals surface area contributed by atoms with Gasteiger partial charge in [0, 0.05) is 43.4 Å². The van der Waals surface area contributed by atoms with Gasteiger partial charge in [-0.3, -0.25) is 9.59 Å². The second-order valence-electron chi connectivity index (χ2n) is 16.4. The van der Waals surface area contributed by atoms with Gasteiger partial charge in [-0.1, -0.05) is 73.7 Å². The van der Waals surface area contributed by atoms with E-state index >= 15 is 0 Å². The Bertz CT molecular complexity index is 2540. The fourth-order valence-corrected chi connectivity index (χ4v) is 8.99. The normalized spacial score (nSPS) is 17.9. The van der Waals surface area contributed by atoms with Crippen molar-refractivity contribution in [3.63, 3.8) is 0 Å². The standard InChI is InChI=1S/C48H56N8O7/c1-6-22-56(42(57)27-49-47(59)61-5)28-41-52-39-19-15-35-26-33(13-17-37(35)45(39)54-41)32-12-16-36-34(25-32)14-18-38-44(36)53-40(51-38)20-21-48(62-23-24-63-48)29-55(3)46(58)43(50-30(2)60-4)31-10-8-7-9-11-31/h7-13,15-17,19,25-26,34,36,43,50H,2,6,14,18,20-24,27-29H2,1,3-5H3,(H,49,59)(H,51,53)(H,52,54)/t34?,36?,43-/m1/s1. The van der Waals surface area contributed by atoms with Crippen LogP contribution in [-0.4, -0.2) is 108 Å². The second kappa shape index (κ2) is 18.9. The molecule has 3 amide bonds. The summed E-state index contributed by atoms with van der Waals surface area (Å²) in [5.41, 5.74) is 7.14. The minimum atomic E-state index is -0.963. The highest BCUT2D eigenvalue weighted by Gasteiger charge is 2.40. The van der Waals surface area contributed by atoms with Crippen molar-refractivity contribution in [2.75, 3.05) is 54.1 Å². The molecule has 15 nitrogen and oxygen atoms in total. The summed E-state index contributed by atoms with van der Waals surface area (Å²) in [5, 5.41) is 7.73. The van der Waals surface area contributed by atoms with Gasteiger partial charge in [-0.25, -0.2) is 14.8 Å². The lowest BCUT2D eigenvalue weighted by Gasteiger charge is -2.34. The van der Waals surface area contributed by atoms with E-state index in [1.54, 1.807) is 16.8 Å². The second-order valence-corrected chi connectivity index (χ2v) is 16.4. The number of methoxy groups -OCH3 is 2. The van der Waals surface area contributed by atoms with Crippen molar-refractivity contribution < 1.29 is 33.3 Å². The molecule has 0 spiro atoms. The molecule has 2 aromatic heterocycles. The van der Waals surface area contributed by atoms with Crippen LogP contribution in [0.5, 0.6) is 0 Å². The molecular formula is C48H56N8O7. The molecule has 5 aromatic rings. The van der Waals surface area contributed by atoms with E-state index in [-0.39, 0.29) is 30.8 Å². The minimum absolute atomic E-state index is 0.145. The number of aryl methyl sites for hydroxylation is 2. The van der Waals surface area contributed by atoms with Gasteiger partial charge in [0.15, 0.2) is 11.7 Å². The van der Waals surface area contributed by atoms with Crippen molar-refractivity contribution in [1.82, 2.24) is 40.4 Å². The first-order chi connectivity index (χ1) is 30.6. The molecule has 1 aliphatic heterocycles. The van der Waals surface area contributed by atoms with E-state index in [4.69, 9.17) is 24.2 Å². The maximum Gasteiger partial charge on any atom is 0.407 e. The summed E-state index contributed by atoms with van der Waals surface area (Å²) in [6.45, 7) is 7.73. The SMILES string of the molecule is C=C(N[C@@H](C(=O)N(C)CC1(CCc2nc3c([nH]2)C2C=CC(c4ccc5c(ccc6nc(CN(CCC)C(=O)CNC(=O)OC)[nH]c65)c4)=CC2CC3)OCCO1)c1ccccc1)OC. The quantitative estimate of drug-likeness (QED) is 0.0765. The van der Waals surface area contributed by atoms with Crippen molar-refractivity contribution in [1.29, 1.82) is 0 Å². The summed E-state index contributed by atoms with van der Waals surface area (Å²) in [7, 11) is 4.55. The first kappa shape index (κ1) is 43.2. The Kier molecular flexibility index (Phi) is 13.0. The number of amides is 3. The summed E-state index contributed by atoms with van der Waals surface area (Å²) in [4.78, 5) is 58.7. The number of rotatable bonds is 17. The van der Waals surface area contributed by atoms with E-state index in [9.17, 15) is 14.4 Å². The van der Waals surface area contributed by atoms with Crippen LogP contribution in [0.2, 0.25) is 0 Å². The molecule has 3 aromatic carbocycles. The maximum atomic E-state index is 13.9. The van der Waals surface area contributed by atoms with Gasteiger partial charge >= 0.3 is 6.09 Å². The molecule has 63 heavy (non-hydrogen) atoms. The Hall–Kier alpha value is -6.45. The zero-order valence-electron chi connectivity index (χ0n) is 36.4. The molecule has 3 heterocycles. The number of carbonyl (C=O) groups excluding carboxylic acids is 3. The van der Waals surface area contributed by atoms with Crippen LogP contribution in [0.25, 0.3) is 27.4 Å². The molecule has 2 unspecified atom stereocenters. The molecule has 0 bridgehead atoms. The third-order valence-electron chi connectivity index (χ3n) is 12.2. The highest BCUT2D eigenvalue weighted by molar-refractivity contribution is 6.05. The van der Waals surface area contributed by atoms with Gasteiger partial charge in [0.25, 0.3) is 0 Å². The molecule has 3 atom stereocenters. The number of aromatic nitrogens is 4. The fraction of sp³-hybridized carbons (Fsp3) is 0.396. The van der Waals surface area contributed by atoms with E-state index in [0.717, 1.165) is 69.4 Å². The average molecular weight is 857 g/mol. The van der Waals surface area contributed by atoms with Crippen molar-refractivity contribution in [2.45, 2.75) is 63.3 Å². The number of H-pyrrole nitrogens is 2. The fourth-order valence-electron chi connectivity index (χ4n) is 8.99. The number of fused-ring (bicyclic) bond motifs is 6. The number of imidazole rings is 2. The third kappa shape index (κ3) is 9.49. The number of alkyl carbamates (subject to hydrolysis) is 1. The van der Waals surface area contributed by atoms with Crippen LogP contribution in [0.4, 0.5) is 4.79 Å². The summed E-state index contributed by atoms with van der Waals surface area (Å²) in [6, 6.07) is 19.5. The Labute approximate surface area is 366 Å². The molecule has 0 saturated carbocycles. The van der Waals surface area contributed by atoms with Crippen LogP contribution in [-0.2, 0) is 47.9 Å². The molecule has 330 valence electrons. The van der Waals surface area contributed by atoms with Gasteiger partial charge in [0.2, 0.25) is 11.8 Å². The van der Waals surface area contributed by atoms with Gasteiger partial charge in [-0.05, 0) is 66.0 Å². The molecule has 1 fully saturated rings. The Morgan fingerprint density at radius 2 is 1.83 bits per heavy atom. The summed E-state index contributed by atoms with van der Waals surface area (Å²) in [6.07, 6.45) is 10.1. The number of hydrogen-bond acceptors (Lipinski definition) is 10. The number of ether oxygens (including phenoxy) is 4. The van der Waals surface area contributed by atoms with E-state index in [1.807, 2.05) is 43.3 Å². The number of allylic oxidation sites excluding steroid dienone is 4. The molecule has 8 rings (SSSR count). The Morgan fingerprint density at radius 1 is 1.02 bits per heavy atom. The van der Waals surface area contributed by atoms with Crippen LogP contribution in [0, 0.1) is 5.92 Å². The van der Waals surface area contributed by atoms with Crippen LogP contribution >= 0.6 is 0 Å². The first-order valence-corrected chi connectivity index (χ1v) is 21.6.